The second-order valence-corrected chi connectivity index (χ2v) is 5.08. The molecule has 1 atom stereocenters. The van der Waals surface area contributed by atoms with Crippen LogP contribution in [0.4, 0.5) is 0 Å². The van der Waals surface area contributed by atoms with Crippen LogP contribution in [-0.2, 0) is 6.42 Å². The molecule has 90 valence electrons. The molecule has 0 aliphatic heterocycles. The van der Waals surface area contributed by atoms with Gasteiger partial charge >= 0.3 is 0 Å². The highest BCUT2D eigenvalue weighted by Gasteiger charge is 2.15. The van der Waals surface area contributed by atoms with Gasteiger partial charge in [0.25, 0.3) is 0 Å². The maximum atomic E-state index is 5.62. The first-order chi connectivity index (χ1) is 8.20. The molecule has 0 bridgehead atoms. The number of hydrogen-bond donors (Lipinski definition) is 2. The van der Waals surface area contributed by atoms with Crippen LogP contribution < -0.4 is 11.3 Å². The Hall–Kier alpha value is -1.30. The molecule has 4 nitrogen and oxygen atoms in total. The predicted molar refractivity (Wildman–Crippen MR) is 69.6 cm³/mol. The second-order valence-electron chi connectivity index (χ2n) is 4.11. The van der Waals surface area contributed by atoms with E-state index in [9.17, 15) is 0 Å². The molecule has 0 saturated heterocycles. The van der Waals surface area contributed by atoms with E-state index in [0.29, 0.717) is 0 Å². The fourth-order valence-electron chi connectivity index (χ4n) is 1.87. The molecule has 2 aromatic heterocycles. The number of nitrogens with zero attached hydrogens (tertiary/aromatic N) is 2. The topological polar surface area (TPSA) is 63.8 Å². The summed E-state index contributed by atoms with van der Waals surface area (Å²) in [7, 11) is 0. The van der Waals surface area contributed by atoms with Gasteiger partial charge in [0.05, 0.1) is 17.2 Å². The van der Waals surface area contributed by atoms with Crippen LogP contribution in [0.1, 0.15) is 27.7 Å². The van der Waals surface area contributed by atoms with Gasteiger partial charge < -0.3 is 0 Å². The smallest absolute Gasteiger partial charge is 0.0794 e. The van der Waals surface area contributed by atoms with Crippen molar-refractivity contribution in [2.24, 2.45) is 5.84 Å². The number of aromatic nitrogens is 2. The summed E-state index contributed by atoms with van der Waals surface area (Å²) >= 11 is 1.64. The van der Waals surface area contributed by atoms with E-state index >= 15 is 0 Å². The maximum Gasteiger partial charge on any atom is 0.0794 e. The highest BCUT2D eigenvalue weighted by atomic mass is 32.1. The van der Waals surface area contributed by atoms with E-state index < -0.39 is 0 Å². The lowest BCUT2D eigenvalue weighted by Crippen LogP contribution is -2.30. The Morgan fingerprint density at radius 3 is 2.82 bits per heavy atom. The molecule has 0 aromatic carbocycles. The Balaban J connectivity index is 2.23. The lowest BCUT2D eigenvalue weighted by molar-refractivity contribution is 0.538. The highest BCUT2D eigenvalue weighted by Crippen LogP contribution is 2.21. The largest absolute Gasteiger partial charge is 0.271 e. The zero-order valence-electron chi connectivity index (χ0n) is 9.97. The Morgan fingerprint density at radius 1 is 1.41 bits per heavy atom. The van der Waals surface area contributed by atoms with E-state index in [-0.39, 0.29) is 6.04 Å². The monoisotopic (exact) mass is 248 g/mol. The van der Waals surface area contributed by atoms with Crippen molar-refractivity contribution in [2.45, 2.75) is 26.3 Å². The van der Waals surface area contributed by atoms with Crippen LogP contribution in [0.25, 0.3) is 0 Å². The van der Waals surface area contributed by atoms with Crippen LogP contribution in [0.5, 0.6) is 0 Å². The Labute approximate surface area is 105 Å². The maximum absolute atomic E-state index is 5.62. The molecule has 2 heterocycles. The summed E-state index contributed by atoms with van der Waals surface area (Å²) in [6.07, 6.45) is 4.57. The summed E-state index contributed by atoms with van der Waals surface area (Å²) < 4.78 is 0. The third kappa shape index (κ3) is 2.88. The number of rotatable bonds is 4. The molecular formula is C12H16N4S. The zero-order chi connectivity index (χ0) is 12.3. The molecule has 17 heavy (non-hydrogen) atoms. The Bertz CT molecular complexity index is 481. The zero-order valence-corrected chi connectivity index (χ0v) is 10.8. The molecule has 5 heteroatoms. The number of hydrazine groups is 1. The Kier molecular flexibility index (Phi) is 3.83. The predicted octanol–water partition coefficient (Wildman–Crippen LogP) is 1.90. The summed E-state index contributed by atoms with van der Waals surface area (Å²) in [6, 6.07) is 2.16. The van der Waals surface area contributed by atoms with Crippen LogP contribution in [0.15, 0.2) is 24.0 Å². The van der Waals surface area contributed by atoms with Gasteiger partial charge in [-0.25, -0.2) is 0 Å². The minimum Gasteiger partial charge on any atom is -0.271 e. The third-order valence-corrected chi connectivity index (χ3v) is 3.48. The number of nitrogens with two attached hydrogens (primary N) is 1. The van der Waals surface area contributed by atoms with Crippen molar-refractivity contribution in [1.82, 2.24) is 15.4 Å². The summed E-state index contributed by atoms with van der Waals surface area (Å²) in [5.74, 6) is 5.62. The van der Waals surface area contributed by atoms with Gasteiger partial charge in [-0.15, -0.1) is 11.3 Å². The molecule has 0 radical (unpaired) electrons. The van der Waals surface area contributed by atoms with E-state index in [2.05, 4.69) is 28.4 Å². The SMILES string of the molecule is Cc1cnc(C(Cc2cncs2)NN)c(C)c1. The standard InChI is InChI=1S/C12H16N4S/c1-8-3-9(2)12(15-5-8)11(16-13)4-10-6-14-7-17-10/h3,5-7,11,16H,4,13H2,1-2H3. The van der Waals surface area contributed by atoms with Gasteiger partial charge in [-0.05, 0) is 25.0 Å². The fraction of sp³-hybridized carbons (Fsp3) is 0.333. The first-order valence-corrected chi connectivity index (χ1v) is 6.35. The van der Waals surface area contributed by atoms with Gasteiger partial charge in [-0.3, -0.25) is 21.2 Å². The fourth-order valence-corrected chi connectivity index (χ4v) is 2.51. The van der Waals surface area contributed by atoms with E-state index in [1.165, 1.54) is 10.4 Å². The van der Waals surface area contributed by atoms with E-state index in [1.54, 1.807) is 11.3 Å². The minimum absolute atomic E-state index is 0.0380. The normalized spacial score (nSPS) is 12.6. The summed E-state index contributed by atoms with van der Waals surface area (Å²) in [5, 5.41) is 0. The van der Waals surface area contributed by atoms with Gasteiger partial charge in [-0.1, -0.05) is 6.07 Å². The van der Waals surface area contributed by atoms with Crippen LogP contribution in [0.3, 0.4) is 0 Å². The van der Waals surface area contributed by atoms with Gasteiger partial charge in [0, 0.05) is 23.7 Å². The molecule has 0 saturated carbocycles. The van der Waals surface area contributed by atoms with Gasteiger partial charge in [0.15, 0.2) is 0 Å². The van der Waals surface area contributed by atoms with Crippen molar-refractivity contribution in [3.63, 3.8) is 0 Å². The molecular weight excluding hydrogens is 232 g/mol. The molecule has 2 rings (SSSR count). The molecule has 3 N–H and O–H groups in total. The van der Waals surface area contributed by atoms with Crippen molar-refractivity contribution >= 4 is 11.3 Å². The molecule has 0 aliphatic rings. The average molecular weight is 248 g/mol. The van der Waals surface area contributed by atoms with Gasteiger partial charge in [0.2, 0.25) is 0 Å². The van der Waals surface area contributed by atoms with Crippen molar-refractivity contribution in [2.75, 3.05) is 0 Å². The van der Waals surface area contributed by atoms with E-state index in [4.69, 9.17) is 5.84 Å². The Morgan fingerprint density at radius 2 is 2.24 bits per heavy atom. The highest BCUT2D eigenvalue weighted by molar-refractivity contribution is 7.09. The van der Waals surface area contributed by atoms with Crippen molar-refractivity contribution < 1.29 is 0 Å². The lowest BCUT2D eigenvalue weighted by atomic mass is 10.0. The molecule has 0 fully saturated rings. The van der Waals surface area contributed by atoms with Crippen LogP contribution in [0.2, 0.25) is 0 Å². The van der Waals surface area contributed by atoms with Crippen molar-refractivity contribution in [1.29, 1.82) is 0 Å². The second kappa shape index (κ2) is 5.35. The number of hydrogen-bond acceptors (Lipinski definition) is 5. The molecule has 0 aliphatic carbocycles. The molecule has 2 aromatic rings. The first-order valence-electron chi connectivity index (χ1n) is 5.47. The number of thiazole rings is 1. The minimum atomic E-state index is 0.0380. The number of pyridine rings is 1. The average Bonchev–Trinajstić information content (AvgIpc) is 2.79. The van der Waals surface area contributed by atoms with Crippen LogP contribution in [-0.4, -0.2) is 9.97 Å². The lowest BCUT2D eigenvalue weighted by Gasteiger charge is -2.16. The van der Waals surface area contributed by atoms with Gasteiger partial charge in [-0.2, -0.15) is 0 Å². The summed E-state index contributed by atoms with van der Waals surface area (Å²) in [4.78, 5) is 9.74. The van der Waals surface area contributed by atoms with E-state index in [0.717, 1.165) is 17.7 Å². The molecule has 0 spiro atoms. The molecule has 1 unspecified atom stereocenters. The first kappa shape index (κ1) is 12.2. The number of aryl methyl sites for hydroxylation is 2. The summed E-state index contributed by atoms with van der Waals surface area (Å²) in [5.41, 5.74) is 8.00. The van der Waals surface area contributed by atoms with Gasteiger partial charge in [0.1, 0.15) is 0 Å². The van der Waals surface area contributed by atoms with Crippen molar-refractivity contribution in [3.8, 4) is 0 Å². The molecule has 0 amide bonds. The van der Waals surface area contributed by atoms with E-state index in [1.807, 2.05) is 24.8 Å². The quantitative estimate of drug-likeness (QED) is 0.641. The van der Waals surface area contributed by atoms with Crippen LogP contribution >= 0.6 is 11.3 Å². The summed E-state index contributed by atoms with van der Waals surface area (Å²) in [6.45, 7) is 4.10. The third-order valence-electron chi connectivity index (χ3n) is 2.68. The van der Waals surface area contributed by atoms with Crippen LogP contribution in [0, 0.1) is 13.8 Å². The number of nitrogens with one attached hydrogen (secondary N) is 1. The van der Waals surface area contributed by atoms with Crippen molar-refractivity contribution in [3.05, 3.63) is 45.7 Å².